The van der Waals surface area contributed by atoms with E-state index in [9.17, 15) is 0 Å². The number of fused-ring (bicyclic) bond motifs is 2. The summed E-state index contributed by atoms with van der Waals surface area (Å²) in [5.41, 5.74) is -0.0605. The molecule has 3 aromatic rings. The second-order valence-electron chi connectivity index (χ2n) is 8.01. The molecule has 1 saturated heterocycles. The third-order valence-corrected chi connectivity index (χ3v) is 9.07. The Balaban J connectivity index is 1.51. The third-order valence-electron chi connectivity index (χ3n) is 6.30. The Morgan fingerprint density at radius 2 is 1.16 bits per heavy atom. The monoisotopic (exact) mass is 486 g/mol. The maximum absolute atomic E-state index is 7.62. The molecule has 0 spiro atoms. The molecule has 3 aromatic carbocycles. The Bertz CT molecular complexity index is 1100. The minimum Gasteiger partial charge on any atom is -0.450 e. The molecule has 4 nitrogen and oxygen atoms in total. The minimum atomic E-state index is -1.13. The van der Waals surface area contributed by atoms with Crippen LogP contribution in [0.5, 0.6) is 23.0 Å². The van der Waals surface area contributed by atoms with Crippen molar-refractivity contribution in [3.8, 4) is 23.0 Å². The molecule has 0 N–H and O–H groups in total. The van der Waals surface area contributed by atoms with E-state index in [0.717, 1.165) is 17.7 Å². The number of hydrogen-bond donors (Lipinski definition) is 0. The summed E-state index contributed by atoms with van der Waals surface area (Å²) in [7, 11) is 0. The zero-order valence-corrected chi connectivity index (χ0v) is 19.3. The lowest BCUT2D eigenvalue weighted by Crippen LogP contribution is -2.69. The lowest BCUT2D eigenvalue weighted by atomic mass is 9.71. The predicted octanol–water partition coefficient (Wildman–Crippen LogP) is 6.20. The number of alkyl halides is 2. The van der Waals surface area contributed by atoms with Gasteiger partial charge in [-0.2, -0.15) is 0 Å². The molecule has 3 aliphatic rings. The van der Waals surface area contributed by atoms with Crippen LogP contribution in [0.15, 0.2) is 78.9 Å². The number of benzene rings is 3. The molecule has 0 amide bonds. The van der Waals surface area contributed by atoms with Crippen molar-refractivity contribution in [2.75, 3.05) is 5.75 Å². The summed E-state index contributed by atoms with van der Waals surface area (Å²) >= 11 is 16.4. The highest BCUT2D eigenvalue weighted by atomic mass is 35.5. The van der Waals surface area contributed by atoms with Crippen LogP contribution in [0.2, 0.25) is 0 Å². The SMILES string of the molecule is ClC1CCSC(Cl)(C2Oc3ccccc3O2)C1(c1ccccc1)C1Oc2ccccc2O1. The Labute approximate surface area is 200 Å². The van der Waals surface area contributed by atoms with Gasteiger partial charge in [-0.25, -0.2) is 0 Å². The highest BCUT2D eigenvalue weighted by Gasteiger charge is 2.71. The van der Waals surface area contributed by atoms with E-state index in [1.54, 1.807) is 11.8 Å². The summed E-state index contributed by atoms with van der Waals surface area (Å²) in [5.74, 6) is 3.41. The molecule has 0 bridgehead atoms. The number of hydrogen-bond acceptors (Lipinski definition) is 5. The molecule has 32 heavy (non-hydrogen) atoms. The summed E-state index contributed by atoms with van der Waals surface area (Å²) < 4.78 is 24.2. The molecule has 3 unspecified atom stereocenters. The van der Waals surface area contributed by atoms with Crippen LogP contribution in [0.25, 0.3) is 0 Å². The van der Waals surface area contributed by atoms with E-state index in [1.807, 2.05) is 78.9 Å². The summed E-state index contributed by atoms with van der Waals surface area (Å²) in [5, 5.41) is -0.390. The van der Waals surface area contributed by atoms with Gasteiger partial charge in [0.2, 0.25) is 0 Å². The fraction of sp³-hybridized carbons (Fsp3) is 0.280. The van der Waals surface area contributed by atoms with Gasteiger partial charge >= 0.3 is 0 Å². The zero-order valence-electron chi connectivity index (χ0n) is 16.9. The van der Waals surface area contributed by atoms with E-state index in [2.05, 4.69) is 0 Å². The van der Waals surface area contributed by atoms with Crippen LogP contribution >= 0.6 is 35.0 Å². The number of ether oxygens (including phenoxy) is 4. The van der Waals surface area contributed by atoms with E-state index in [-0.39, 0.29) is 5.38 Å². The minimum absolute atomic E-state index is 0.390. The first-order valence-electron chi connectivity index (χ1n) is 10.5. The molecule has 0 aromatic heterocycles. The molecule has 3 atom stereocenters. The summed E-state index contributed by atoms with van der Waals surface area (Å²) in [6.45, 7) is 0. The number of para-hydroxylation sites is 4. The third kappa shape index (κ3) is 2.84. The van der Waals surface area contributed by atoms with Crippen molar-refractivity contribution in [2.45, 2.75) is 34.0 Å². The van der Waals surface area contributed by atoms with Crippen molar-refractivity contribution in [2.24, 2.45) is 0 Å². The molecule has 0 saturated carbocycles. The van der Waals surface area contributed by atoms with Crippen LogP contribution < -0.4 is 18.9 Å². The summed E-state index contributed by atoms with van der Waals surface area (Å²) in [6.07, 6.45) is -0.815. The summed E-state index contributed by atoms with van der Waals surface area (Å²) in [6, 6.07) is 25.2. The number of halogens is 2. The van der Waals surface area contributed by atoms with Crippen LogP contribution in [0.1, 0.15) is 12.0 Å². The van der Waals surface area contributed by atoms with Gasteiger partial charge in [0.1, 0.15) is 5.41 Å². The van der Waals surface area contributed by atoms with E-state index in [0.29, 0.717) is 23.0 Å². The second-order valence-corrected chi connectivity index (χ2v) is 10.7. The highest BCUT2D eigenvalue weighted by Crippen LogP contribution is 2.63. The van der Waals surface area contributed by atoms with Crippen LogP contribution in [-0.2, 0) is 5.41 Å². The molecule has 3 heterocycles. The van der Waals surface area contributed by atoms with Gasteiger partial charge in [0.05, 0.1) is 5.38 Å². The first-order chi connectivity index (χ1) is 15.6. The number of thioether (sulfide) groups is 1. The van der Waals surface area contributed by atoms with Crippen molar-refractivity contribution in [3.05, 3.63) is 84.4 Å². The number of rotatable bonds is 3. The molecule has 0 radical (unpaired) electrons. The van der Waals surface area contributed by atoms with Crippen LogP contribution in [0, 0.1) is 0 Å². The molecule has 6 rings (SSSR count). The predicted molar refractivity (Wildman–Crippen MR) is 126 cm³/mol. The molecular weight excluding hydrogens is 467 g/mol. The van der Waals surface area contributed by atoms with Gasteiger partial charge in [0.25, 0.3) is 12.6 Å². The van der Waals surface area contributed by atoms with Crippen molar-refractivity contribution in [1.82, 2.24) is 0 Å². The standard InChI is InChI=1S/C25H20Cl2O4S/c26-21-14-15-32-25(27,23-30-19-12-6-7-13-20(19)31-23)24(21,16-8-2-1-3-9-16)22-28-17-10-4-5-11-18(17)29-22/h1-13,21-23H,14-15H2. The zero-order chi connectivity index (χ0) is 21.8. The Morgan fingerprint density at radius 1 is 0.688 bits per heavy atom. The Kier molecular flexibility index (Phi) is 4.90. The van der Waals surface area contributed by atoms with E-state index >= 15 is 0 Å². The smallest absolute Gasteiger partial charge is 0.270 e. The van der Waals surface area contributed by atoms with Gasteiger partial charge in [-0.1, -0.05) is 66.2 Å². The van der Waals surface area contributed by atoms with Crippen LogP contribution in [0.3, 0.4) is 0 Å². The maximum Gasteiger partial charge on any atom is 0.270 e. The maximum atomic E-state index is 7.62. The van der Waals surface area contributed by atoms with Gasteiger partial charge in [-0.3, -0.25) is 0 Å². The lowest BCUT2D eigenvalue weighted by molar-refractivity contribution is -0.0756. The Hall–Kier alpha value is -2.21. The lowest BCUT2D eigenvalue weighted by Gasteiger charge is -2.54. The van der Waals surface area contributed by atoms with Crippen molar-refractivity contribution in [3.63, 3.8) is 0 Å². The molecule has 164 valence electrons. The van der Waals surface area contributed by atoms with Gasteiger partial charge in [-0.15, -0.1) is 23.4 Å². The van der Waals surface area contributed by atoms with Crippen LogP contribution in [0.4, 0.5) is 0 Å². The Morgan fingerprint density at radius 3 is 1.69 bits per heavy atom. The van der Waals surface area contributed by atoms with E-state index < -0.39 is 22.2 Å². The van der Waals surface area contributed by atoms with E-state index in [4.69, 9.17) is 42.1 Å². The topological polar surface area (TPSA) is 36.9 Å². The van der Waals surface area contributed by atoms with Gasteiger partial charge in [-0.05, 0) is 42.0 Å². The molecule has 3 aliphatic heterocycles. The van der Waals surface area contributed by atoms with Gasteiger partial charge < -0.3 is 18.9 Å². The quantitative estimate of drug-likeness (QED) is 0.412. The molecule has 1 fully saturated rings. The van der Waals surface area contributed by atoms with Crippen LogP contribution in [-0.4, -0.2) is 27.9 Å². The molecule has 7 heteroatoms. The van der Waals surface area contributed by atoms with Gasteiger partial charge in [0.15, 0.2) is 27.2 Å². The fourth-order valence-corrected chi connectivity index (χ4v) is 7.70. The first kappa shape index (κ1) is 20.4. The van der Waals surface area contributed by atoms with E-state index in [1.165, 1.54) is 0 Å². The first-order valence-corrected chi connectivity index (χ1v) is 12.3. The fourth-order valence-electron chi connectivity index (χ4n) is 4.81. The molecule has 0 aliphatic carbocycles. The van der Waals surface area contributed by atoms with Crippen molar-refractivity contribution >= 4 is 35.0 Å². The summed E-state index contributed by atoms with van der Waals surface area (Å²) in [4.78, 5) is 0. The second kappa shape index (κ2) is 7.68. The average molecular weight is 487 g/mol. The van der Waals surface area contributed by atoms with Gasteiger partial charge in [0, 0.05) is 0 Å². The average Bonchev–Trinajstić information content (AvgIpc) is 3.45. The largest absolute Gasteiger partial charge is 0.450 e. The normalized spacial score (nSPS) is 29.2. The van der Waals surface area contributed by atoms with Crippen molar-refractivity contribution in [1.29, 1.82) is 0 Å². The highest BCUT2D eigenvalue weighted by molar-refractivity contribution is 8.02. The molecular formula is C25H20Cl2O4S. The van der Waals surface area contributed by atoms with Crippen molar-refractivity contribution < 1.29 is 18.9 Å².